The minimum Gasteiger partial charge on any atom is -0.379 e. The molecule has 3 rings (SSSR count). The normalized spacial score (nSPS) is 30.4. The number of piperidine rings is 1. The summed E-state index contributed by atoms with van der Waals surface area (Å²) in [7, 11) is 0. The summed E-state index contributed by atoms with van der Waals surface area (Å²) in [6.45, 7) is 3.96. The van der Waals surface area contributed by atoms with Crippen LogP contribution in [0.5, 0.6) is 0 Å². The fraction of sp³-hybridized carbons (Fsp3) is 0.625. The lowest BCUT2D eigenvalue weighted by Gasteiger charge is -2.35. The van der Waals surface area contributed by atoms with Crippen LogP contribution in [-0.4, -0.2) is 37.2 Å². The third-order valence-corrected chi connectivity index (χ3v) is 5.00. The van der Waals surface area contributed by atoms with Crippen molar-refractivity contribution in [2.45, 2.75) is 30.7 Å². The van der Waals surface area contributed by atoms with Crippen molar-refractivity contribution in [2.75, 3.05) is 26.3 Å². The molecule has 0 spiro atoms. The zero-order chi connectivity index (χ0) is 13.1. The number of nitrogens with zero attached hydrogens (tertiary/aromatic N) is 1. The number of alkyl halides is 1. The SMILES string of the molecule is ClC(c1ccccc1)C1COCC2CCCCN2C1. The molecule has 0 amide bonds. The van der Waals surface area contributed by atoms with Gasteiger partial charge in [-0.1, -0.05) is 36.8 Å². The first kappa shape index (κ1) is 13.4. The van der Waals surface area contributed by atoms with E-state index in [1.54, 1.807) is 0 Å². The summed E-state index contributed by atoms with van der Waals surface area (Å²) >= 11 is 6.68. The summed E-state index contributed by atoms with van der Waals surface area (Å²) in [4.78, 5) is 2.60. The van der Waals surface area contributed by atoms with Crippen LogP contribution in [0.3, 0.4) is 0 Å². The third-order valence-electron chi connectivity index (χ3n) is 4.39. The Kier molecular flexibility index (Phi) is 4.42. The molecule has 0 radical (unpaired) electrons. The van der Waals surface area contributed by atoms with E-state index in [1.165, 1.54) is 31.4 Å². The highest BCUT2D eigenvalue weighted by molar-refractivity contribution is 6.21. The van der Waals surface area contributed by atoms with Gasteiger partial charge in [0, 0.05) is 18.5 Å². The van der Waals surface area contributed by atoms with Gasteiger partial charge in [0.05, 0.1) is 18.6 Å². The molecule has 2 aliphatic rings. The summed E-state index contributed by atoms with van der Waals surface area (Å²) in [5.74, 6) is 0.396. The molecule has 0 saturated carbocycles. The first-order chi connectivity index (χ1) is 9.34. The van der Waals surface area contributed by atoms with E-state index in [2.05, 4.69) is 29.2 Å². The number of fused-ring (bicyclic) bond motifs is 1. The first-order valence-electron chi connectivity index (χ1n) is 7.35. The lowest BCUT2D eigenvalue weighted by atomic mass is 9.96. The van der Waals surface area contributed by atoms with Crippen LogP contribution in [-0.2, 0) is 4.74 Å². The van der Waals surface area contributed by atoms with Gasteiger partial charge in [-0.25, -0.2) is 0 Å². The Morgan fingerprint density at radius 2 is 2.00 bits per heavy atom. The van der Waals surface area contributed by atoms with Gasteiger partial charge in [0.25, 0.3) is 0 Å². The van der Waals surface area contributed by atoms with Crippen LogP contribution >= 0.6 is 11.6 Å². The molecule has 104 valence electrons. The first-order valence-corrected chi connectivity index (χ1v) is 7.79. The molecule has 0 N–H and O–H groups in total. The molecule has 2 nitrogen and oxygen atoms in total. The second-order valence-corrected chi connectivity index (χ2v) is 6.22. The van der Waals surface area contributed by atoms with Crippen molar-refractivity contribution in [3.8, 4) is 0 Å². The van der Waals surface area contributed by atoms with Gasteiger partial charge in [-0.2, -0.15) is 0 Å². The molecular weight excluding hydrogens is 258 g/mol. The minimum atomic E-state index is 0.0573. The second kappa shape index (κ2) is 6.25. The van der Waals surface area contributed by atoms with Gasteiger partial charge in [0.2, 0.25) is 0 Å². The summed E-state index contributed by atoms with van der Waals surface area (Å²) in [5, 5.41) is 0.0573. The Morgan fingerprint density at radius 3 is 2.84 bits per heavy atom. The van der Waals surface area contributed by atoms with Crippen LogP contribution in [0, 0.1) is 5.92 Å². The smallest absolute Gasteiger partial charge is 0.0647 e. The van der Waals surface area contributed by atoms with Gasteiger partial charge in [-0.05, 0) is 24.9 Å². The number of hydrogen-bond donors (Lipinski definition) is 0. The van der Waals surface area contributed by atoms with E-state index >= 15 is 0 Å². The molecule has 2 fully saturated rings. The minimum absolute atomic E-state index is 0.0573. The van der Waals surface area contributed by atoms with Gasteiger partial charge in [0.1, 0.15) is 0 Å². The molecule has 0 aliphatic carbocycles. The topological polar surface area (TPSA) is 12.5 Å². The number of ether oxygens (including phenoxy) is 1. The highest BCUT2D eigenvalue weighted by Crippen LogP contribution is 2.33. The predicted octanol–water partition coefficient (Wildman–Crippen LogP) is 3.47. The highest BCUT2D eigenvalue weighted by atomic mass is 35.5. The zero-order valence-corrected chi connectivity index (χ0v) is 12.1. The monoisotopic (exact) mass is 279 g/mol. The van der Waals surface area contributed by atoms with E-state index in [4.69, 9.17) is 16.3 Å². The average molecular weight is 280 g/mol. The molecule has 3 atom stereocenters. The molecule has 3 heteroatoms. The molecular formula is C16H22ClNO. The van der Waals surface area contributed by atoms with Crippen LogP contribution in [0.25, 0.3) is 0 Å². The van der Waals surface area contributed by atoms with Crippen molar-refractivity contribution in [3.63, 3.8) is 0 Å². The van der Waals surface area contributed by atoms with E-state index in [-0.39, 0.29) is 5.38 Å². The summed E-state index contributed by atoms with van der Waals surface area (Å²) < 4.78 is 5.89. The van der Waals surface area contributed by atoms with E-state index in [1.807, 2.05) is 6.07 Å². The van der Waals surface area contributed by atoms with E-state index in [0.29, 0.717) is 12.0 Å². The van der Waals surface area contributed by atoms with Crippen molar-refractivity contribution in [1.29, 1.82) is 0 Å². The van der Waals surface area contributed by atoms with Gasteiger partial charge in [-0.15, -0.1) is 11.6 Å². The number of halogens is 1. The van der Waals surface area contributed by atoms with Crippen molar-refractivity contribution in [2.24, 2.45) is 5.92 Å². The van der Waals surface area contributed by atoms with Crippen LogP contribution in [0.4, 0.5) is 0 Å². The van der Waals surface area contributed by atoms with Gasteiger partial charge < -0.3 is 4.74 Å². The second-order valence-electron chi connectivity index (χ2n) is 5.75. The highest BCUT2D eigenvalue weighted by Gasteiger charge is 2.32. The van der Waals surface area contributed by atoms with E-state index in [0.717, 1.165) is 19.8 Å². The summed E-state index contributed by atoms with van der Waals surface area (Å²) in [5.41, 5.74) is 1.22. The van der Waals surface area contributed by atoms with Crippen LogP contribution in [0.2, 0.25) is 0 Å². The summed E-state index contributed by atoms with van der Waals surface area (Å²) in [6.07, 6.45) is 3.95. The molecule has 19 heavy (non-hydrogen) atoms. The molecule has 2 saturated heterocycles. The van der Waals surface area contributed by atoms with E-state index in [9.17, 15) is 0 Å². The summed E-state index contributed by atoms with van der Waals surface area (Å²) in [6, 6.07) is 11.0. The maximum Gasteiger partial charge on any atom is 0.0647 e. The van der Waals surface area contributed by atoms with Crippen LogP contribution < -0.4 is 0 Å². The van der Waals surface area contributed by atoms with Gasteiger partial charge in [0.15, 0.2) is 0 Å². The predicted molar refractivity (Wildman–Crippen MR) is 78.6 cm³/mol. The largest absolute Gasteiger partial charge is 0.379 e. The fourth-order valence-electron chi connectivity index (χ4n) is 3.28. The van der Waals surface area contributed by atoms with Crippen molar-refractivity contribution >= 4 is 11.6 Å². The Hall–Kier alpha value is -0.570. The quantitative estimate of drug-likeness (QED) is 0.769. The van der Waals surface area contributed by atoms with Crippen LogP contribution in [0.1, 0.15) is 30.2 Å². The fourth-order valence-corrected chi connectivity index (χ4v) is 3.58. The standard InChI is InChI=1S/C16H22ClNO/c17-16(13-6-2-1-3-7-13)14-10-18-9-5-4-8-15(18)12-19-11-14/h1-3,6-7,14-16H,4-5,8-12H2. The molecule has 3 unspecified atom stereocenters. The molecule has 1 aromatic carbocycles. The van der Waals surface area contributed by atoms with E-state index < -0.39 is 0 Å². The Morgan fingerprint density at radius 1 is 1.16 bits per heavy atom. The van der Waals surface area contributed by atoms with Crippen molar-refractivity contribution in [1.82, 2.24) is 4.90 Å². The molecule has 2 heterocycles. The average Bonchev–Trinajstić information content (AvgIpc) is 2.69. The van der Waals surface area contributed by atoms with Crippen LogP contribution in [0.15, 0.2) is 30.3 Å². The Labute approximate surface area is 120 Å². The van der Waals surface area contributed by atoms with Crippen molar-refractivity contribution < 1.29 is 4.74 Å². The Bertz CT molecular complexity index is 397. The lowest BCUT2D eigenvalue weighted by molar-refractivity contribution is 0.0780. The number of rotatable bonds is 2. The van der Waals surface area contributed by atoms with Crippen molar-refractivity contribution in [3.05, 3.63) is 35.9 Å². The Balaban J connectivity index is 1.70. The maximum atomic E-state index is 6.68. The molecule has 0 aromatic heterocycles. The lowest BCUT2D eigenvalue weighted by Crippen LogP contribution is -2.42. The van der Waals surface area contributed by atoms with Gasteiger partial charge >= 0.3 is 0 Å². The zero-order valence-electron chi connectivity index (χ0n) is 11.3. The third kappa shape index (κ3) is 3.13. The molecule has 2 aliphatic heterocycles. The maximum absolute atomic E-state index is 6.68. The molecule has 1 aromatic rings. The van der Waals surface area contributed by atoms with Gasteiger partial charge in [-0.3, -0.25) is 4.90 Å². The number of benzene rings is 1. The number of hydrogen-bond acceptors (Lipinski definition) is 2. The molecule has 0 bridgehead atoms.